The second-order valence-electron chi connectivity index (χ2n) is 14.3. The molecular formula is C41H50N6O2S. The Kier molecular flexibility index (Phi) is 11.3. The van der Waals surface area contributed by atoms with E-state index in [4.69, 9.17) is 11.5 Å². The highest BCUT2D eigenvalue weighted by atomic mass is 32.1. The van der Waals surface area contributed by atoms with E-state index in [0.717, 1.165) is 57.2 Å². The summed E-state index contributed by atoms with van der Waals surface area (Å²) >= 11 is 1.64. The molecule has 4 aromatic carbocycles. The van der Waals surface area contributed by atoms with Crippen LogP contribution in [0.25, 0.3) is 21.5 Å². The number of fused-ring (bicyclic) bond motifs is 2. The summed E-state index contributed by atoms with van der Waals surface area (Å²) < 4.78 is 0. The van der Waals surface area contributed by atoms with E-state index in [1.807, 2.05) is 54.4 Å². The molecule has 1 aliphatic rings. The summed E-state index contributed by atoms with van der Waals surface area (Å²) in [7, 11) is 0. The van der Waals surface area contributed by atoms with Gasteiger partial charge in [-0.05, 0) is 77.6 Å². The number of aromatic nitrogens is 1. The van der Waals surface area contributed by atoms with Crippen molar-refractivity contribution in [1.82, 2.24) is 15.2 Å². The molecule has 0 spiro atoms. The monoisotopic (exact) mass is 690 g/mol. The highest BCUT2D eigenvalue weighted by Crippen LogP contribution is 2.32. The van der Waals surface area contributed by atoms with Crippen molar-refractivity contribution < 1.29 is 9.59 Å². The van der Waals surface area contributed by atoms with E-state index in [1.54, 1.807) is 11.3 Å². The van der Waals surface area contributed by atoms with Crippen LogP contribution in [0.2, 0.25) is 0 Å². The second-order valence-corrected chi connectivity index (χ2v) is 15.6. The minimum atomic E-state index is -1.12. The zero-order valence-corrected chi connectivity index (χ0v) is 30.2. The topological polar surface area (TPSA) is 126 Å². The summed E-state index contributed by atoms with van der Waals surface area (Å²) in [4.78, 5) is 36.8. The number of nitrogens with one attached hydrogen (secondary N) is 2. The fraction of sp³-hybridized carbons (Fsp3) is 0.390. The zero-order valence-electron chi connectivity index (χ0n) is 29.4. The van der Waals surface area contributed by atoms with Crippen LogP contribution >= 0.6 is 11.3 Å². The number of thiazole rings is 1. The number of amides is 1. The Balaban J connectivity index is 1.24. The van der Waals surface area contributed by atoms with Crippen molar-refractivity contribution in [3.05, 3.63) is 107 Å². The van der Waals surface area contributed by atoms with Crippen LogP contribution in [-0.2, 0) is 22.4 Å². The molecule has 6 N–H and O–H groups in total. The molecule has 6 rings (SSSR count). The highest BCUT2D eigenvalue weighted by Gasteiger charge is 2.51. The Labute approximate surface area is 299 Å². The van der Waals surface area contributed by atoms with E-state index in [9.17, 15) is 9.59 Å². The molecule has 9 heteroatoms. The quantitative estimate of drug-likeness (QED) is 0.102. The van der Waals surface area contributed by atoms with Gasteiger partial charge in [0, 0.05) is 36.8 Å². The highest BCUT2D eigenvalue weighted by molar-refractivity contribution is 7.15. The van der Waals surface area contributed by atoms with Crippen molar-refractivity contribution in [3.8, 4) is 0 Å². The lowest BCUT2D eigenvalue weighted by atomic mass is 9.76. The third kappa shape index (κ3) is 8.24. The van der Waals surface area contributed by atoms with Crippen LogP contribution < -0.4 is 22.1 Å². The van der Waals surface area contributed by atoms with Gasteiger partial charge in [0.05, 0.1) is 12.1 Å². The zero-order chi connectivity index (χ0) is 35.3. The SMILES string of the molecule is Cc1cnc(NCCC[C@H]2CN(C(=O)[C@H](N)Cc3ccc4ccccc4c3)[C@@](CC(C)C)(C(=O)[C@H](N)Cc3ccc4ccccc4c3)CN2)s1. The van der Waals surface area contributed by atoms with Gasteiger partial charge in [-0.2, -0.15) is 0 Å². The molecule has 5 aromatic rings. The maximum absolute atomic E-state index is 14.8. The number of nitrogens with zero attached hydrogens (tertiary/aromatic N) is 2. The molecule has 1 aromatic heterocycles. The minimum Gasteiger partial charge on any atom is -0.362 e. The molecule has 0 unspecified atom stereocenters. The van der Waals surface area contributed by atoms with Gasteiger partial charge >= 0.3 is 0 Å². The van der Waals surface area contributed by atoms with Gasteiger partial charge in [0.2, 0.25) is 5.91 Å². The number of aryl methyl sites for hydroxylation is 1. The average molecular weight is 691 g/mol. The van der Waals surface area contributed by atoms with Crippen molar-refractivity contribution in [1.29, 1.82) is 0 Å². The van der Waals surface area contributed by atoms with Gasteiger partial charge in [-0.15, -0.1) is 11.3 Å². The predicted molar refractivity (Wildman–Crippen MR) is 207 cm³/mol. The number of nitrogens with two attached hydrogens (primary N) is 2. The fourth-order valence-corrected chi connectivity index (χ4v) is 8.18. The maximum Gasteiger partial charge on any atom is 0.240 e. The molecule has 262 valence electrons. The Morgan fingerprint density at radius 1 is 0.920 bits per heavy atom. The van der Waals surface area contributed by atoms with Gasteiger partial charge < -0.3 is 27.0 Å². The molecule has 0 saturated carbocycles. The predicted octanol–water partition coefficient (Wildman–Crippen LogP) is 6.24. The minimum absolute atomic E-state index is 0.0106. The first-order chi connectivity index (χ1) is 24.1. The molecule has 1 amide bonds. The van der Waals surface area contributed by atoms with Gasteiger partial charge in [0.1, 0.15) is 5.54 Å². The van der Waals surface area contributed by atoms with Crippen molar-refractivity contribution in [2.45, 2.75) is 76.5 Å². The van der Waals surface area contributed by atoms with Crippen molar-refractivity contribution in [2.75, 3.05) is 25.0 Å². The molecule has 0 radical (unpaired) electrons. The Bertz CT molecular complexity index is 1940. The number of anilines is 1. The number of hydrogen-bond acceptors (Lipinski definition) is 8. The summed E-state index contributed by atoms with van der Waals surface area (Å²) in [6.07, 6.45) is 4.85. The van der Waals surface area contributed by atoms with Crippen LogP contribution in [0.1, 0.15) is 49.1 Å². The molecule has 50 heavy (non-hydrogen) atoms. The maximum atomic E-state index is 14.8. The van der Waals surface area contributed by atoms with Gasteiger partial charge in [0.15, 0.2) is 10.9 Å². The van der Waals surface area contributed by atoms with E-state index in [1.165, 1.54) is 4.88 Å². The average Bonchev–Trinajstić information content (AvgIpc) is 3.54. The van der Waals surface area contributed by atoms with E-state index in [-0.39, 0.29) is 23.7 Å². The number of rotatable bonds is 14. The normalized spacial score (nSPS) is 19.2. The number of carbonyl (C=O) groups excluding carboxylic acids is 2. The van der Waals surface area contributed by atoms with Gasteiger partial charge in [0.25, 0.3) is 0 Å². The smallest absolute Gasteiger partial charge is 0.240 e. The first-order valence-corrected chi connectivity index (χ1v) is 18.6. The third-order valence-corrected chi connectivity index (χ3v) is 10.8. The number of hydrogen-bond donors (Lipinski definition) is 4. The number of ketones is 1. The second kappa shape index (κ2) is 15.8. The molecular weight excluding hydrogens is 641 g/mol. The molecule has 8 nitrogen and oxygen atoms in total. The molecule has 1 saturated heterocycles. The third-order valence-electron chi connectivity index (χ3n) is 9.89. The molecule has 2 heterocycles. The van der Waals surface area contributed by atoms with Crippen molar-refractivity contribution in [3.63, 3.8) is 0 Å². The van der Waals surface area contributed by atoms with Crippen LogP contribution in [0, 0.1) is 12.8 Å². The lowest BCUT2D eigenvalue weighted by Gasteiger charge is -2.51. The van der Waals surface area contributed by atoms with Crippen LogP contribution in [0.5, 0.6) is 0 Å². The Morgan fingerprint density at radius 2 is 1.52 bits per heavy atom. The lowest BCUT2D eigenvalue weighted by Crippen LogP contribution is -2.73. The standard InChI is InChI=1S/C41H50N6O2S/c1-27(2)23-41(38(48)36(42)21-29-14-16-31-9-4-6-11-33(31)19-29)26-46-35(13-8-18-44-40-45-24-28(3)50-40)25-47(41)39(49)37(43)22-30-15-17-32-10-5-7-12-34(32)20-30/h4-7,9-12,14-17,19-20,24,27,35-37,46H,8,13,18,21-23,25-26,42-43H2,1-3H3,(H,44,45)/t35-,36+,37+,41+/m0/s1. The first-order valence-electron chi connectivity index (χ1n) is 17.8. The largest absolute Gasteiger partial charge is 0.362 e. The van der Waals surface area contributed by atoms with E-state index in [2.05, 4.69) is 78.0 Å². The number of carbonyl (C=O) groups is 2. The van der Waals surface area contributed by atoms with Gasteiger partial charge in [-0.3, -0.25) is 9.59 Å². The van der Waals surface area contributed by atoms with Crippen LogP contribution in [0.3, 0.4) is 0 Å². The summed E-state index contributed by atoms with van der Waals surface area (Å²) in [5.74, 6) is -0.173. The molecule has 4 atom stereocenters. The summed E-state index contributed by atoms with van der Waals surface area (Å²) in [5, 5.41) is 12.5. The fourth-order valence-electron chi connectivity index (χ4n) is 7.49. The first kappa shape index (κ1) is 35.7. The lowest BCUT2D eigenvalue weighted by molar-refractivity contribution is -0.153. The van der Waals surface area contributed by atoms with Crippen LogP contribution in [-0.4, -0.2) is 64.9 Å². The summed E-state index contributed by atoms with van der Waals surface area (Å²) in [5.41, 5.74) is 14.5. The number of benzene rings is 4. The van der Waals surface area contributed by atoms with Gasteiger partial charge in [-0.25, -0.2) is 4.98 Å². The number of piperazine rings is 1. The molecule has 0 bridgehead atoms. The van der Waals surface area contributed by atoms with E-state index < -0.39 is 17.6 Å². The van der Waals surface area contributed by atoms with Crippen molar-refractivity contribution >= 4 is 49.7 Å². The van der Waals surface area contributed by atoms with Crippen LogP contribution in [0.15, 0.2) is 91.1 Å². The Morgan fingerprint density at radius 3 is 2.10 bits per heavy atom. The Hall–Kier alpha value is -4.15. The molecule has 1 fully saturated rings. The van der Waals surface area contributed by atoms with E-state index in [0.29, 0.717) is 32.4 Å². The molecule has 0 aliphatic carbocycles. The summed E-state index contributed by atoms with van der Waals surface area (Å²) in [6.45, 7) is 7.74. The summed E-state index contributed by atoms with van der Waals surface area (Å²) in [6, 6.07) is 27.2. The van der Waals surface area contributed by atoms with Crippen LogP contribution in [0.4, 0.5) is 5.13 Å². The van der Waals surface area contributed by atoms with Gasteiger partial charge in [-0.1, -0.05) is 98.8 Å². The molecule has 1 aliphatic heterocycles. The van der Waals surface area contributed by atoms with Crippen molar-refractivity contribution in [2.24, 2.45) is 17.4 Å². The number of Topliss-reactive ketones (excluding diaryl/α,β-unsaturated/α-hetero) is 1. The van der Waals surface area contributed by atoms with E-state index >= 15 is 0 Å².